The van der Waals surface area contributed by atoms with Crippen LogP contribution in [-0.4, -0.2) is 30.1 Å². The van der Waals surface area contributed by atoms with Crippen LogP contribution < -0.4 is 5.73 Å². The highest BCUT2D eigenvalue weighted by Gasteiger charge is 2.34. The molecule has 2 nitrogen and oxygen atoms in total. The predicted octanol–water partition coefficient (Wildman–Crippen LogP) is 1.84. The summed E-state index contributed by atoms with van der Waals surface area (Å²) in [5.74, 6) is 1.73. The van der Waals surface area contributed by atoms with E-state index in [4.69, 9.17) is 5.73 Å². The maximum absolute atomic E-state index is 6.21. The van der Waals surface area contributed by atoms with Crippen LogP contribution >= 0.6 is 0 Å². The van der Waals surface area contributed by atoms with Gasteiger partial charge in [-0.1, -0.05) is 26.7 Å². The Morgan fingerprint density at radius 3 is 2.14 bits per heavy atom. The van der Waals surface area contributed by atoms with Gasteiger partial charge in [-0.3, -0.25) is 4.90 Å². The maximum Gasteiger partial charge on any atom is 0.0247 e. The quantitative estimate of drug-likeness (QED) is 0.693. The van der Waals surface area contributed by atoms with Crippen molar-refractivity contribution in [3.05, 3.63) is 0 Å². The number of rotatable bonds is 1. The Morgan fingerprint density at radius 1 is 1.00 bits per heavy atom. The third kappa shape index (κ3) is 1.96. The fourth-order valence-corrected chi connectivity index (χ4v) is 3.04. The van der Waals surface area contributed by atoms with Gasteiger partial charge >= 0.3 is 0 Å². The Bertz CT molecular complexity index is 183. The lowest BCUT2D eigenvalue weighted by Gasteiger charge is -2.36. The zero-order valence-electron chi connectivity index (χ0n) is 9.58. The molecule has 4 atom stereocenters. The largest absolute Gasteiger partial charge is 0.326 e. The van der Waals surface area contributed by atoms with E-state index in [9.17, 15) is 0 Å². The standard InChI is InChI=1S/C12H24N2/c1-9-7-14(8-10(9)2)12-6-4-3-5-11(12)13/h9-12H,3-8,13H2,1-2H3. The van der Waals surface area contributed by atoms with Crippen molar-refractivity contribution in [3.63, 3.8) is 0 Å². The molecule has 0 radical (unpaired) electrons. The monoisotopic (exact) mass is 196 g/mol. The third-order valence-corrected chi connectivity index (χ3v) is 4.27. The Balaban J connectivity index is 1.94. The summed E-state index contributed by atoms with van der Waals surface area (Å²) >= 11 is 0. The molecule has 2 N–H and O–H groups in total. The van der Waals surface area contributed by atoms with Gasteiger partial charge in [-0.05, 0) is 24.7 Å². The minimum absolute atomic E-state index is 0.446. The molecule has 0 aromatic rings. The molecule has 2 fully saturated rings. The fourth-order valence-electron chi connectivity index (χ4n) is 3.04. The molecular formula is C12H24N2. The molecule has 1 aliphatic heterocycles. The molecule has 2 rings (SSSR count). The summed E-state index contributed by atoms with van der Waals surface area (Å²) < 4.78 is 0. The van der Waals surface area contributed by atoms with E-state index in [1.165, 1.54) is 38.8 Å². The number of nitrogens with two attached hydrogens (primary N) is 1. The summed E-state index contributed by atoms with van der Waals surface area (Å²) in [6.45, 7) is 7.30. The van der Waals surface area contributed by atoms with Crippen molar-refractivity contribution in [2.45, 2.75) is 51.6 Å². The molecule has 1 saturated heterocycles. The van der Waals surface area contributed by atoms with E-state index in [0.717, 1.165) is 11.8 Å². The Hall–Kier alpha value is -0.0800. The second-order valence-corrected chi connectivity index (χ2v) is 5.42. The maximum atomic E-state index is 6.21. The van der Waals surface area contributed by atoms with E-state index in [0.29, 0.717) is 12.1 Å². The van der Waals surface area contributed by atoms with Crippen LogP contribution in [0.25, 0.3) is 0 Å². The lowest BCUT2D eigenvalue weighted by molar-refractivity contribution is 0.161. The second kappa shape index (κ2) is 4.19. The molecule has 14 heavy (non-hydrogen) atoms. The lowest BCUT2D eigenvalue weighted by atomic mass is 9.90. The van der Waals surface area contributed by atoms with Crippen LogP contribution in [0.2, 0.25) is 0 Å². The van der Waals surface area contributed by atoms with Crippen LogP contribution in [-0.2, 0) is 0 Å². The fraction of sp³-hybridized carbons (Fsp3) is 1.00. The van der Waals surface area contributed by atoms with Crippen molar-refractivity contribution in [2.75, 3.05) is 13.1 Å². The summed E-state index contributed by atoms with van der Waals surface area (Å²) in [4.78, 5) is 2.65. The number of nitrogens with zero attached hydrogens (tertiary/aromatic N) is 1. The summed E-state index contributed by atoms with van der Waals surface area (Å²) in [5.41, 5.74) is 6.21. The van der Waals surface area contributed by atoms with Gasteiger partial charge in [-0.25, -0.2) is 0 Å². The van der Waals surface area contributed by atoms with Crippen molar-refractivity contribution in [1.29, 1.82) is 0 Å². The lowest BCUT2D eigenvalue weighted by Crippen LogP contribution is -2.48. The van der Waals surface area contributed by atoms with Gasteiger partial charge in [0.1, 0.15) is 0 Å². The first kappa shape index (κ1) is 10.4. The van der Waals surface area contributed by atoms with Gasteiger partial charge in [0.25, 0.3) is 0 Å². The third-order valence-electron chi connectivity index (χ3n) is 4.27. The predicted molar refractivity (Wildman–Crippen MR) is 60.1 cm³/mol. The SMILES string of the molecule is CC1CN(C2CCCCC2N)CC1C. The molecule has 0 aromatic heterocycles. The van der Waals surface area contributed by atoms with Crippen LogP contribution in [0.1, 0.15) is 39.5 Å². The molecule has 1 saturated carbocycles. The smallest absolute Gasteiger partial charge is 0.0247 e. The zero-order chi connectivity index (χ0) is 10.1. The number of hydrogen-bond donors (Lipinski definition) is 1. The van der Waals surface area contributed by atoms with E-state index in [-0.39, 0.29) is 0 Å². The first-order valence-electron chi connectivity index (χ1n) is 6.18. The van der Waals surface area contributed by atoms with Crippen LogP contribution in [0.15, 0.2) is 0 Å². The molecule has 0 spiro atoms. The van der Waals surface area contributed by atoms with Crippen molar-refractivity contribution < 1.29 is 0 Å². The highest BCUT2D eigenvalue weighted by atomic mass is 15.2. The summed E-state index contributed by atoms with van der Waals surface area (Å²) in [5, 5.41) is 0. The Kier molecular flexibility index (Phi) is 3.13. The van der Waals surface area contributed by atoms with E-state index in [2.05, 4.69) is 18.7 Å². The second-order valence-electron chi connectivity index (χ2n) is 5.42. The van der Waals surface area contributed by atoms with Crippen molar-refractivity contribution in [1.82, 2.24) is 4.90 Å². The molecule has 2 heteroatoms. The molecule has 2 aliphatic rings. The van der Waals surface area contributed by atoms with E-state index >= 15 is 0 Å². The first-order valence-corrected chi connectivity index (χ1v) is 6.18. The normalized spacial score (nSPS) is 45.6. The molecule has 0 aromatic carbocycles. The molecule has 1 heterocycles. The molecule has 0 bridgehead atoms. The number of hydrogen-bond acceptors (Lipinski definition) is 2. The highest BCUT2D eigenvalue weighted by molar-refractivity contribution is 4.91. The molecule has 82 valence electrons. The van der Waals surface area contributed by atoms with Gasteiger partial charge in [0.05, 0.1) is 0 Å². The molecule has 4 unspecified atom stereocenters. The van der Waals surface area contributed by atoms with Gasteiger partial charge in [0.15, 0.2) is 0 Å². The van der Waals surface area contributed by atoms with Crippen LogP contribution in [0.3, 0.4) is 0 Å². The summed E-state index contributed by atoms with van der Waals surface area (Å²) in [6, 6.07) is 1.14. The van der Waals surface area contributed by atoms with Gasteiger partial charge in [-0.15, -0.1) is 0 Å². The van der Waals surface area contributed by atoms with Crippen molar-refractivity contribution >= 4 is 0 Å². The molecule has 0 amide bonds. The molecular weight excluding hydrogens is 172 g/mol. The van der Waals surface area contributed by atoms with Crippen LogP contribution in [0, 0.1) is 11.8 Å². The summed E-state index contributed by atoms with van der Waals surface area (Å²) in [7, 11) is 0. The van der Waals surface area contributed by atoms with Gasteiger partial charge in [0.2, 0.25) is 0 Å². The number of likely N-dealkylation sites (tertiary alicyclic amines) is 1. The van der Waals surface area contributed by atoms with Gasteiger partial charge in [-0.2, -0.15) is 0 Å². The van der Waals surface area contributed by atoms with Crippen molar-refractivity contribution in [2.24, 2.45) is 17.6 Å². The van der Waals surface area contributed by atoms with E-state index in [1.54, 1.807) is 0 Å². The van der Waals surface area contributed by atoms with Crippen molar-refractivity contribution in [3.8, 4) is 0 Å². The first-order chi connectivity index (χ1) is 6.68. The summed E-state index contributed by atoms with van der Waals surface area (Å²) in [6.07, 6.45) is 5.30. The highest BCUT2D eigenvalue weighted by Crippen LogP contribution is 2.29. The van der Waals surface area contributed by atoms with Gasteiger partial charge < -0.3 is 5.73 Å². The Labute approximate surface area is 87.8 Å². The minimum Gasteiger partial charge on any atom is -0.326 e. The van der Waals surface area contributed by atoms with E-state index < -0.39 is 0 Å². The average molecular weight is 196 g/mol. The van der Waals surface area contributed by atoms with E-state index in [1.807, 2.05) is 0 Å². The Morgan fingerprint density at radius 2 is 1.57 bits per heavy atom. The van der Waals surface area contributed by atoms with Crippen LogP contribution in [0.4, 0.5) is 0 Å². The van der Waals surface area contributed by atoms with Crippen LogP contribution in [0.5, 0.6) is 0 Å². The average Bonchev–Trinajstić information content (AvgIpc) is 2.48. The van der Waals surface area contributed by atoms with Gasteiger partial charge in [0, 0.05) is 25.2 Å². The minimum atomic E-state index is 0.446. The molecule has 1 aliphatic carbocycles. The topological polar surface area (TPSA) is 29.3 Å². The zero-order valence-corrected chi connectivity index (χ0v) is 9.58.